The van der Waals surface area contributed by atoms with Gasteiger partial charge in [-0.1, -0.05) is 12.1 Å². The molecule has 4 aromatic rings. The number of pyridine rings is 1. The number of hydrogen-bond donors (Lipinski definition) is 2. The molecule has 0 bridgehead atoms. The third-order valence-corrected chi connectivity index (χ3v) is 6.26. The first-order chi connectivity index (χ1) is 17.4. The predicted octanol–water partition coefficient (Wildman–Crippen LogP) is 3.20. The molecule has 36 heavy (non-hydrogen) atoms. The minimum absolute atomic E-state index is 0.0318. The second-order valence-electron chi connectivity index (χ2n) is 8.98. The lowest BCUT2D eigenvalue weighted by molar-refractivity contribution is -0.126. The number of amides is 2. The first kappa shape index (κ1) is 23.2. The Balaban J connectivity index is 1.58. The minimum atomic E-state index is -0.349. The van der Waals surface area contributed by atoms with Gasteiger partial charge in [0, 0.05) is 36.2 Å². The fraction of sp³-hybridized carbons (Fsp3) is 0.259. The van der Waals surface area contributed by atoms with Gasteiger partial charge >= 0.3 is 0 Å². The molecule has 3 aromatic heterocycles. The van der Waals surface area contributed by atoms with Gasteiger partial charge in [-0.25, -0.2) is 9.50 Å². The Hall–Kier alpha value is -4.58. The van der Waals surface area contributed by atoms with Crippen molar-refractivity contribution in [1.29, 1.82) is 5.26 Å². The highest BCUT2D eigenvalue weighted by molar-refractivity contribution is 5.95. The maximum Gasteiger partial charge on any atom is 0.270 e. The third kappa shape index (κ3) is 4.53. The van der Waals surface area contributed by atoms with Gasteiger partial charge in [0.25, 0.3) is 5.91 Å². The molecule has 1 fully saturated rings. The zero-order valence-electron chi connectivity index (χ0n) is 20.1. The van der Waals surface area contributed by atoms with E-state index in [9.17, 15) is 14.9 Å². The molecule has 9 nitrogen and oxygen atoms in total. The third-order valence-electron chi connectivity index (χ3n) is 6.26. The van der Waals surface area contributed by atoms with Crippen LogP contribution in [-0.4, -0.2) is 44.5 Å². The summed E-state index contributed by atoms with van der Waals surface area (Å²) in [5.74, 6) is -0.618. The molecule has 0 aliphatic carbocycles. The number of carbonyl (C=O) groups is 2. The fourth-order valence-electron chi connectivity index (χ4n) is 4.58. The van der Waals surface area contributed by atoms with E-state index < -0.39 is 0 Å². The number of rotatable bonds is 5. The van der Waals surface area contributed by atoms with E-state index >= 15 is 0 Å². The standard InChI is InChI=1S/C27H25N7O2/c1-16-11-21(12-17(2)31-16)23-24(19-6-3-5-18(13-19)14-28)33-34-10-8-22(32-25(23)34)27(36)30-15-20-7-4-9-29-26(20)35/h3,5-6,8,10-13,20H,4,7,9,15H2,1-2H3,(H,29,35)(H,30,36). The number of nitriles is 1. The van der Waals surface area contributed by atoms with E-state index in [1.807, 2.05) is 38.1 Å². The molecule has 0 spiro atoms. The summed E-state index contributed by atoms with van der Waals surface area (Å²) in [6.45, 7) is 4.79. The highest BCUT2D eigenvalue weighted by Gasteiger charge is 2.24. The first-order valence-corrected chi connectivity index (χ1v) is 11.8. The van der Waals surface area contributed by atoms with Crippen molar-refractivity contribution >= 4 is 17.5 Å². The quantitative estimate of drug-likeness (QED) is 0.453. The summed E-state index contributed by atoms with van der Waals surface area (Å²) in [6, 6.07) is 14.9. The molecule has 5 rings (SSSR count). The zero-order valence-corrected chi connectivity index (χ0v) is 20.1. The van der Waals surface area contributed by atoms with Crippen LogP contribution in [0.15, 0.2) is 48.7 Å². The monoisotopic (exact) mass is 479 g/mol. The summed E-state index contributed by atoms with van der Waals surface area (Å²) >= 11 is 0. The van der Waals surface area contributed by atoms with Crippen LogP contribution >= 0.6 is 0 Å². The van der Waals surface area contributed by atoms with Gasteiger partial charge < -0.3 is 10.6 Å². The lowest BCUT2D eigenvalue weighted by atomic mass is 9.98. The maximum absolute atomic E-state index is 13.0. The molecule has 0 saturated carbocycles. The van der Waals surface area contributed by atoms with E-state index in [4.69, 9.17) is 5.10 Å². The van der Waals surface area contributed by atoms with Crippen molar-refractivity contribution in [2.75, 3.05) is 13.1 Å². The molecule has 180 valence electrons. The molecular formula is C27H25N7O2. The normalized spacial score (nSPS) is 15.4. The molecule has 0 radical (unpaired) electrons. The van der Waals surface area contributed by atoms with Gasteiger partial charge in [-0.2, -0.15) is 10.4 Å². The van der Waals surface area contributed by atoms with Crippen LogP contribution in [0.4, 0.5) is 0 Å². The van der Waals surface area contributed by atoms with Crippen LogP contribution in [0, 0.1) is 31.1 Å². The molecule has 1 aliphatic rings. The van der Waals surface area contributed by atoms with Crippen molar-refractivity contribution in [3.05, 3.63) is 71.3 Å². The number of fused-ring (bicyclic) bond motifs is 1. The highest BCUT2D eigenvalue weighted by Crippen LogP contribution is 2.35. The Morgan fingerprint density at radius 1 is 1.17 bits per heavy atom. The number of hydrogen-bond acceptors (Lipinski definition) is 6. The van der Waals surface area contributed by atoms with Crippen LogP contribution in [0.3, 0.4) is 0 Å². The van der Waals surface area contributed by atoms with E-state index in [2.05, 4.69) is 26.7 Å². The lowest BCUT2D eigenvalue weighted by Gasteiger charge is -2.21. The second-order valence-corrected chi connectivity index (χ2v) is 8.98. The van der Waals surface area contributed by atoms with E-state index in [1.165, 1.54) is 0 Å². The summed E-state index contributed by atoms with van der Waals surface area (Å²) in [5.41, 5.74) is 6.02. The Bertz CT molecular complexity index is 1510. The molecule has 1 aliphatic heterocycles. The van der Waals surface area contributed by atoms with Crippen LogP contribution in [0.1, 0.15) is 40.3 Å². The molecule has 1 unspecified atom stereocenters. The summed E-state index contributed by atoms with van der Waals surface area (Å²) in [4.78, 5) is 34.2. The van der Waals surface area contributed by atoms with Crippen molar-refractivity contribution in [3.63, 3.8) is 0 Å². The zero-order chi connectivity index (χ0) is 25.2. The molecular weight excluding hydrogens is 454 g/mol. The Morgan fingerprint density at radius 2 is 1.97 bits per heavy atom. The van der Waals surface area contributed by atoms with E-state index in [-0.39, 0.29) is 30.0 Å². The second kappa shape index (κ2) is 9.58. The van der Waals surface area contributed by atoms with E-state index in [0.29, 0.717) is 23.4 Å². The van der Waals surface area contributed by atoms with Crippen LogP contribution in [-0.2, 0) is 4.79 Å². The maximum atomic E-state index is 13.0. The number of nitrogens with one attached hydrogen (secondary N) is 2. The Labute approximate surface area is 208 Å². The van der Waals surface area contributed by atoms with Crippen molar-refractivity contribution in [3.8, 4) is 28.5 Å². The van der Waals surface area contributed by atoms with Crippen molar-refractivity contribution in [2.24, 2.45) is 5.92 Å². The van der Waals surface area contributed by atoms with E-state index in [1.54, 1.807) is 28.9 Å². The SMILES string of the molecule is Cc1cc(-c2c(-c3cccc(C#N)c3)nn3ccc(C(=O)NCC4CCCNC4=O)nc23)cc(C)n1. The number of nitrogens with zero attached hydrogens (tertiary/aromatic N) is 5. The molecule has 1 aromatic carbocycles. The number of aryl methyl sites for hydroxylation is 2. The van der Waals surface area contributed by atoms with Crippen LogP contribution < -0.4 is 10.6 Å². The Morgan fingerprint density at radius 3 is 2.72 bits per heavy atom. The summed E-state index contributed by atoms with van der Waals surface area (Å²) in [6.07, 6.45) is 3.35. The summed E-state index contributed by atoms with van der Waals surface area (Å²) < 4.78 is 1.64. The molecule has 1 saturated heterocycles. The van der Waals surface area contributed by atoms with Gasteiger partial charge in [0.1, 0.15) is 11.4 Å². The fourth-order valence-corrected chi connectivity index (χ4v) is 4.58. The van der Waals surface area contributed by atoms with Crippen molar-refractivity contribution in [1.82, 2.24) is 30.2 Å². The van der Waals surface area contributed by atoms with Crippen molar-refractivity contribution < 1.29 is 9.59 Å². The van der Waals surface area contributed by atoms with Gasteiger partial charge in [-0.15, -0.1) is 0 Å². The van der Waals surface area contributed by atoms with Gasteiger partial charge in [0.2, 0.25) is 5.91 Å². The number of piperidine rings is 1. The average molecular weight is 480 g/mol. The lowest BCUT2D eigenvalue weighted by Crippen LogP contribution is -2.42. The minimum Gasteiger partial charge on any atom is -0.356 e. The largest absolute Gasteiger partial charge is 0.356 e. The highest BCUT2D eigenvalue weighted by atomic mass is 16.2. The van der Waals surface area contributed by atoms with Crippen LogP contribution in [0.2, 0.25) is 0 Å². The molecule has 4 heterocycles. The smallest absolute Gasteiger partial charge is 0.270 e. The summed E-state index contributed by atoms with van der Waals surface area (Å²) in [5, 5.41) is 19.9. The Kier molecular flexibility index (Phi) is 6.17. The first-order valence-electron chi connectivity index (χ1n) is 11.8. The number of carbonyl (C=O) groups excluding carboxylic acids is 2. The van der Waals surface area contributed by atoms with Crippen LogP contribution in [0.25, 0.3) is 28.0 Å². The molecule has 1 atom stereocenters. The molecule has 9 heteroatoms. The van der Waals surface area contributed by atoms with Gasteiger partial charge in [-0.05, 0) is 62.6 Å². The van der Waals surface area contributed by atoms with Crippen molar-refractivity contribution in [2.45, 2.75) is 26.7 Å². The van der Waals surface area contributed by atoms with Gasteiger partial charge in [0.15, 0.2) is 5.65 Å². The molecule has 2 amide bonds. The van der Waals surface area contributed by atoms with Gasteiger partial charge in [-0.3, -0.25) is 14.6 Å². The van der Waals surface area contributed by atoms with E-state index in [0.717, 1.165) is 40.9 Å². The predicted molar refractivity (Wildman–Crippen MR) is 134 cm³/mol. The molecule has 2 N–H and O–H groups in total. The number of aromatic nitrogens is 4. The van der Waals surface area contributed by atoms with Crippen LogP contribution in [0.5, 0.6) is 0 Å². The summed E-state index contributed by atoms with van der Waals surface area (Å²) in [7, 11) is 0. The number of benzene rings is 1. The van der Waals surface area contributed by atoms with Gasteiger partial charge in [0.05, 0.1) is 23.1 Å². The average Bonchev–Trinajstić information content (AvgIpc) is 3.26. The topological polar surface area (TPSA) is 125 Å².